The number of para-hydroxylation sites is 1. The standard InChI is InChI=1S/C29H41N3O6Si/c1-30-17-20(12-13-26(34)36-4)22-16-25(33)29-27(28(30)23(22)18-32(2,3)35)21-10-8-9-11-24(21)31(29)38-19-37-14-15-39(5,6)7/h8-13,17,22-23,28H,14-16,18-19H2,1-7H3/b13-12+/t22-,23-,28+/m0/s1. The van der Waals surface area contributed by atoms with Gasteiger partial charge >= 0.3 is 5.97 Å². The highest BCUT2D eigenvalue weighted by Crippen LogP contribution is 2.50. The van der Waals surface area contributed by atoms with Gasteiger partial charge in [-0.15, -0.1) is 0 Å². The van der Waals surface area contributed by atoms with Crippen LogP contribution in [-0.2, 0) is 14.3 Å². The van der Waals surface area contributed by atoms with E-state index < -0.39 is 18.7 Å². The average molecular weight is 556 g/mol. The van der Waals surface area contributed by atoms with Crippen LogP contribution >= 0.6 is 0 Å². The van der Waals surface area contributed by atoms with E-state index in [9.17, 15) is 14.8 Å². The number of carbonyl (C=O) groups is 2. The van der Waals surface area contributed by atoms with Crippen molar-refractivity contribution < 1.29 is 28.5 Å². The smallest absolute Gasteiger partial charge is 0.330 e. The van der Waals surface area contributed by atoms with Crippen molar-refractivity contribution in [3.63, 3.8) is 0 Å². The van der Waals surface area contributed by atoms with E-state index in [1.807, 2.05) is 37.5 Å². The van der Waals surface area contributed by atoms with Gasteiger partial charge in [0, 0.05) is 63.2 Å². The zero-order chi connectivity index (χ0) is 28.5. The molecule has 1 aromatic heterocycles. The van der Waals surface area contributed by atoms with Crippen LogP contribution in [-0.4, -0.2) is 82.3 Å². The Bertz CT molecular complexity index is 1290. The number of ether oxygens (including phenoxy) is 2. The highest BCUT2D eigenvalue weighted by Gasteiger charge is 2.47. The number of rotatable bonds is 10. The third-order valence-corrected chi connectivity index (χ3v) is 9.21. The van der Waals surface area contributed by atoms with Crippen molar-refractivity contribution in [2.75, 3.05) is 48.2 Å². The average Bonchev–Trinajstić information content (AvgIpc) is 3.12. The molecule has 2 heterocycles. The van der Waals surface area contributed by atoms with Gasteiger partial charge in [-0.25, -0.2) is 4.79 Å². The number of Topliss-reactive ketones (excluding diaryl/α,β-unsaturated/α-hetero) is 1. The molecule has 0 fully saturated rings. The van der Waals surface area contributed by atoms with Gasteiger partial charge in [-0.1, -0.05) is 43.9 Å². The molecule has 10 heteroatoms. The molecule has 0 saturated heterocycles. The Morgan fingerprint density at radius 2 is 1.95 bits per heavy atom. The van der Waals surface area contributed by atoms with Crippen LogP contribution in [0.15, 0.2) is 48.2 Å². The largest absolute Gasteiger partial charge is 0.633 e. The zero-order valence-electron chi connectivity index (χ0n) is 24.1. The Hall–Kier alpha value is -2.92. The second kappa shape index (κ2) is 11.3. The summed E-state index contributed by atoms with van der Waals surface area (Å²) in [6.07, 6.45) is 5.24. The molecule has 2 aliphatic rings. The number of aromatic nitrogens is 1. The first-order chi connectivity index (χ1) is 18.3. The van der Waals surface area contributed by atoms with Crippen LogP contribution in [0.2, 0.25) is 25.7 Å². The maximum absolute atomic E-state index is 14.0. The Morgan fingerprint density at radius 1 is 1.23 bits per heavy atom. The van der Waals surface area contributed by atoms with Crippen molar-refractivity contribution in [2.45, 2.75) is 38.1 Å². The van der Waals surface area contributed by atoms with Gasteiger partial charge in [0.15, 0.2) is 5.78 Å². The SMILES string of the molecule is COC(=O)/C=C/C1=CN(C)[C@H]2c3c(n(OCOCC[Si](C)(C)C)c4ccccc34)C(=O)C[C@@H]1[C@@H]2C[N+](C)(C)[O-]. The fourth-order valence-corrected chi connectivity index (χ4v) is 6.51. The summed E-state index contributed by atoms with van der Waals surface area (Å²) in [5.41, 5.74) is 2.99. The zero-order valence-corrected chi connectivity index (χ0v) is 25.1. The van der Waals surface area contributed by atoms with Crippen molar-refractivity contribution in [1.29, 1.82) is 0 Å². The van der Waals surface area contributed by atoms with Crippen LogP contribution in [0.3, 0.4) is 0 Å². The molecule has 39 heavy (non-hydrogen) atoms. The number of allylic oxidation sites excluding steroid dienone is 2. The molecular formula is C29H41N3O6Si. The number of nitrogens with zero attached hydrogens (tertiary/aromatic N) is 3. The van der Waals surface area contributed by atoms with Crippen molar-refractivity contribution >= 4 is 30.7 Å². The third kappa shape index (κ3) is 6.46. The van der Waals surface area contributed by atoms with E-state index in [-0.39, 0.29) is 36.9 Å². The minimum absolute atomic E-state index is 0.0338. The molecule has 0 radical (unpaired) electrons. The molecule has 0 saturated carbocycles. The van der Waals surface area contributed by atoms with Gasteiger partial charge in [-0.2, -0.15) is 4.73 Å². The maximum atomic E-state index is 14.0. The van der Waals surface area contributed by atoms with Gasteiger partial charge in [0.1, 0.15) is 5.69 Å². The predicted molar refractivity (Wildman–Crippen MR) is 154 cm³/mol. The fourth-order valence-electron chi connectivity index (χ4n) is 5.76. The number of benzene rings is 1. The summed E-state index contributed by atoms with van der Waals surface area (Å²) in [6.45, 7) is 7.83. The van der Waals surface area contributed by atoms with Crippen LogP contribution in [0, 0.1) is 17.0 Å². The number of quaternary nitrogens is 1. The lowest BCUT2D eigenvalue weighted by Crippen LogP contribution is -2.46. The Balaban J connectivity index is 1.79. The first-order valence-corrected chi connectivity index (χ1v) is 17.1. The fraction of sp³-hybridized carbons (Fsp3) is 0.517. The lowest BCUT2D eigenvalue weighted by atomic mass is 9.75. The number of hydroxylamine groups is 3. The molecule has 3 atom stereocenters. The van der Waals surface area contributed by atoms with Gasteiger partial charge in [-0.05, 0) is 17.7 Å². The van der Waals surface area contributed by atoms with E-state index in [1.165, 1.54) is 13.2 Å². The molecule has 212 valence electrons. The minimum atomic E-state index is -1.25. The van der Waals surface area contributed by atoms with Gasteiger partial charge < -0.3 is 29.1 Å². The molecule has 1 aliphatic carbocycles. The van der Waals surface area contributed by atoms with Gasteiger partial charge in [-0.3, -0.25) is 4.79 Å². The molecule has 0 amide bonds. The van der Waals surface area contributed by atoms with Crippen LogP contribution in [0.1, 0.15) is 28.5 Å². The molecule has 0 spiro atoms. The Kier molecular flexibility index (Phi) is 8.41. The summed E-state index contributed by atoms with van der Waals surface area (Å²) in [4.78, 5) is 34.1. The molecule has 4 rings (SSSR count). The monoisotopic (exact) mass is 555 g/mol. The van der Waals surface area contributed by atoms with Crippen molar-refractivity contribution in [3.8, 4) is 0 Å². The van der Waals surface area contributed by atoms with Gasteiger partial charge in [0.05, 0.1) is 39.3 Å². The number of esters is 1. The lowest BCUT2D eigenvalue weighted by Gasteiger charge is -2.46. The quantitative estimate of drug-likeness (QED) is 0.0817. The molecule has 9 nitrogen and oxygen atoms in total. The molecule has 0 N–H and O–H groups in total. The highest BCUT2D eigenvalue weighted by molar-refractivity contribution is 6.76. The van der Waals surface area contributed by atoms with E-state index in [2.05, 4.69) is 24.5 Å². The normalized spacial score (nSPS) is 21.6. The number of fused-ring (bicyclic) bond motifs is 6. The number of methoxy groups -OCH3 is 1. The lowest BCUT2D eigenvalue weighted by molar-refractivity contribution is -0.844. The summed E-state index contributed by atoms with van der Waals surface area (Å²) < 4.78 is 11.8. The first kappa shape index (κ1) is 29.1. The van der Waals surface area contributed by atoms with Crippen molar-refractivity contribution in [2.24, 2.45) is 11.8 Å². The van der Waals surface area contributed by atoms with E-state index in [1.54, 1.807) is 24.9 Å². The summed E-state index contributed by atoms with van der Waals surface area (Å²) in [5.74, 6) is -0.967. The maximum Gasteiger partial charge on any atom is 0.330 e. The summed E-state index contributed by atoms with van der Waals surface area (Å²) in [7, 11) is 5.29. The minimum Gasteiger partial charge on any atom is -0.633 e. The van der Waals surface area contributed by atoms with E-state index >= 15 is 0 Å². The Labute approximate surface area is 231 Å². The first-order valence-electron chi connectivity index (χ1n) is 13.4. The number of carbonyl (C=O) groups excluding carboxylic acids is 2. The third-order valence-electron chi connectivity index (χ3n) is 7.50. The van der Waals surface area contributed by atoms with Crippen LogP contribution in [0.5, 0.6) is 0 Å². The van der Waals surface area contributed by atoms with Gasteiger partial charge in [0.2, 0.25) is 6.79 Å². The van der Waals surface area contributed by atoms with Crippen LogP contribution < -0.4 is 4.84 Å². The second-order valence-corrected chi connectivity index (χ2v) is 17.9. The van der Waals surface area contributed by atoms with E-state index in [0.29, 0.717) is 18.8 Å². The molecule has 1 aromatic carbocycles. The summed E-state index contributed by atoms with van der Waals surface area (Å²) in [6, 6.07) is 8.62. The van der Waals surface area contributed by atoms with E-state index in [0.717, 1.165) is 28.1 Å². The van der Waals surface area contributed by atoms with Crippen molar-refractivity contribution in [3.05, 3.63) is 64.7 Å². The summed E-state index contributed by atoms with van der Waals surface area (Å²) in [5, 5.41) is 14.0. The van der Waals surface area contributed by atoms with E-state index in [4.69, 9.17) is 14.3 Å². The molecule has 2 aromatic rings. The second-order valence-electron chi connectivity index (χ2n) is 12.3. The number of ketones is 1. The number of hydrogen-bond acceptors (Lipinski definition) is 7. The molecule has 0 unspecified atom stereocenters. The van der Waals surface area contributed by atoms with Gasteiger partial charge in [0.25, 0.3) is 0 Å². The molecule has 2 bridgehead atoms. The summed E-state index contributed by atoms with van der Waals surface area (Å²) >= 11 is 0. The highest BCUT2D eigenvalue weighted by atomic mass is 28.3. The van der Waals surface area contributed by atoms with Crippen LogP contribution in [0.4, 0.5) is 0 Å². The number of hydrogen-bond donors (Lipinski definition) is 0. The van der Waals surface area contributed by atoms with Crippen molar-refractivity contribution in [1.82, 2.24) is 9.63 Å². The predicted octanol–water partition coefficient (Wildman–Crippen LogP) is 4.37. The topological polar surface area (TPSA) is 93.1 Å². The Morgan fingerprint density at radius 3 is 2.62 bits per heavy atom. The molecular weight excluding hydrogens is 514 g/mol. The molecule has 1 aliphatic heterocycles. The van der Waals surface area contributed by atoms with Crippen LogP contribution in [0.25, 0.3) is 10.9 Å².